The number of aryl methyl sites for hydroxylation is 2. The molecule has 1 amide bonds. The molecule has 1 N–H and O–H groups in total. The minimum absolute atomic E-state index is 0.201. The first-order valence-corrected chi connectivity index (χ1v) is 9.57. The predicted octanol–water partition coefficient (Wildman–Crippen LogP) is 1.80. The Morgan fingerprint density at radius 3 is 2.28 bits per heavy atom. The van der Waals surface area contributed by atoms with Crippen molar-refractivity contribution in [2.75, 3.05) is 41.3 Å². The van der Waals surface area contributed by atoms with Crippen LogP contribution in [0, 0.1) is 13.8 Å². The van der Waals surface area contributed by atoms with Gasteiger partial charge in [-0.1, -0.05) is 6.07 Å². The number of rotatable bonds is 4. The van der Waals surface area contributed by atoms with E-state index in [0.717, 1.165) is 37.7 Å². The predicted molar refractivity (Wildman–Crippen MR) is 111 cm³/mol. The average molecular weight is 392 g/mol. The smallest absolute Gasteiger partial charge is 0.259 e. The molecule has 0 saturated carbocycles. The van der Waals surface area contributed by atoms with Crippen molar-refractivity contribution in [2.24, 2.45) is 7.05 Å². The van der Waals surface area contributed by atoms with Crippen molar-refractivity contribution in [1.29, 1.82) is 0 Å². The third kappa shape index (κ3) is 3.89. The molecule has 0 aromatic carbocycles. The average Bonchev–Trinajstić information content (AvgIpc) is 3.01. The monoisotopic (exact) mass is 392 g/mol. The molecule has 1 saturated heterocycles. The van der Waals surface area contributed by atoms with Gasteiger partial charge in [0.25, 0.3) is 5.91 Å². The lowest BCUT2D eigenvalue weighted by atomic mass is 10.2. The third-order valence-electron chi connectivity index (χ3n) is 5.17. The van der Waals surface area contributed by atoms with Crippen LogP contribution in [0.15, 0.2) is 36.8 Å². The molecule has 0 aliphatic carbocycles. The van der Waals surface area contributed by atoms with E-state index < -0.39 is 0 Å². The van der Waals surface area contributed by atoms with Gasteiger partial charge in [-0.2, -0.15) is 5.10 Å². The lowest BCUT2D eigenvalue weighted by Gasteiger charge is -2.35. The summed E-state index contributed by atoms with van der Waals surface area (Å²) < 4.78 is 1.70. The van der Waals surface area contributed by atoms with Crippen molar-refractivity contribution < 1.29 is 4.79 Å². The summed E-state index contributed by atoms with van der Waals surface area (Å²) in [6, 6.07) is 5.94. The molecule has 0 spiro atoms. The summed E-state index contributed by atoms with van der Waals surface area (Å²) in [4.78, 5) is 30.3. The standard InChI is InChI=1S/C20H24N8O/c1-14-18(15(2)26(3)25-14)19(29)24-16-12-22-20(23-13-16)28-10-8-27(9-11-28)17-6-4-5-7-21-17/h4-7,12-13H,8-11H2,1-3H3,(H,24,29). The third-order valence-corrected chi connectivity index (χ3v) is 5.17. The zero-order valence-electron chi connectivity index (χ0n) is 16.8. The van der Waals surface area contributed by atoms with Gasteiger partial charge in [0.2, 0.25) is 5.95 Å². The van der Waals surface area contributed by atoms with Crippen LogP contribution in [-0.4, -0.2) is 56.8 Å². The summed E-state index contributed by atoms with van der Waals surface area (Å²) >= 11 is 0. The summed E-state index contributed by atoms with van der Waals surface area (Å²) in [7, 11) is 1.82. The molecule has 0 radical (unpaired) electrons. The van der Waals surface area contributed by atoms with Crippen molar-refractivity contribution >= 4 is 23.4 Å². The van der Waals surface area contributed by atoms with E-state index >= 15 is 0 Å². The van der Waals surface area contributed by atoms with Gasteiger partial charge in [-0.05, 0) is 26.0 Å². The first-order valence-electron chi connectivity index (χ1n) is 9.57. The van der Waals surface area contributed by atoms with E-state index in [1.807, 2.05) is 45.3 Å². The van der Waals surface area contributed by atoms with Gasteiger partial charge < -0.3 is 15.1 Å². The van der Waals surface area contributed by atoms with Gasteiger partial charge in [0.15, 0.2) is 0 Å². The minimum atomic E-state index is -0.201. The van der Waals surface area contributed by atoms with Crippen LogP contribution >= 0.6 is 0 Å². The van der Waals surface area contributed by atoms with Gasteiger partial charge in [0.05, 0.1) is 29.3 Å². The van der Waals surface area contributed by atoms with Gasteiger partial charge in [-0.25, -0.2) is 15.0 Å². The second kappa shape index (κ2) is 7.86. The van der Waals surface area contributed by atoms with Crippen LogP contribution in [0.3, 0.4) is 0 Å². The van der Waals surface area contributed by atoms with E-state index in [9.17, 15) is 4.79 Å². The van der Waals surface area contributed by atoms with Crippen LogP contribution in [0.25, 0.3) is 0 Å². The number of nitrogens with one attached hydrogen (secondary N) is 1. The summed E-state index contributed by atoms with van der Waals surface area (Å²) in [5, 5.41) is 7.15. The molecule has 29 heavy (non-hydrogen) atoms. The van der Waals surface area contributed by atoms with Gasteiger partial charge in [-0.15, -0.1) is 0 Å². The number of piperazine rings is 1. The maximum Gasteiger partial charge on any atom is 0.259 e. The van der Waals surface area contributed by atoms with Crippen LogP contribution in [0.5, 0.6) is 0 Å². The van der Waals surface area contributed by atoms with E-state index in [1.54, 1.807) is 17.1 Å². The number of carbonyl (C=O) groups excluding carboxylic acids is 1. The number of hydrogen-bond donors (Lipinski definition) is 1. The van der Waals surface area contributed by atoms with Crippen molar-refractivity contribution in [2.45, 2.75) is 13.8 Å². The molecule has 4 rings (SSSR count). The summed E-state index contributed by atoms with van der Waals surface area (Å²) in [5.41, 5.74) is 2.67. The second-order valence-corrected chi connectivity index (χ2v) is 7.06. The normalized spacial score (nSPS) is 14.2. The van der Waals surface area contributed by atoms with E-state index in [4.69, 9.17) is 0 Å². The fourth-order valence-electron chi connectivity index (χ4n) is 3.52. The molecule has 9 heteroatoms. The zero-order valence-corrected chi connectivity index (χ0v) is 16.8. The van der Waals surface area contributed by atoms with E-state index in [0.29, 0.717) is 22.9 Å². The molecule has 1 aliphatic heterocycles. The maximum absolute atomic E-state index is 12.6. The minimum Gasteiger partial charge on any atom is -0.353 e. The summed E-state index contributed by atoms with van der Waals surface area (Å²) in [5.74, 6) is 1.46. The number of carbonyl (C=O) groups is 1. The van der Waals surface area contributed by atoms with Crippen LogP contribution < -0.4 is 15.1 Å². The molecule has 150 valence electrons. The van der Waals surface area contributed by atoms with Gasteiger partial charge in [0.1, 0.15) is 5.82 Å². The Morgan fingerprint density at radius 2 is 1.69 bits per heavy atom. The van der Waals surface area contributed by atoms with Crippen LogP contribution in [0.4, 0.5) is 17.5 Å². The fourth-order valence-corrected chi connectivity index (χ4v) is 3.52. The van der Waals surface area contributed by atoms with Crippen molar-refractivity contribution in [3.05, 3.63) is 53.7 Å². The number of anilines is 3. The van der Waals surface area contributed by atoms with E-state index in [-0.39, 0.29) is 5.91 Å². The highest BCUT2D eigenvalue weighted by Crippen LogP contribution is 2.18. The van der Waals surface area contributed by atoms with Gasteiger partial charge in [-0.3, -0.25) is 9.48 Å². The zero-order chi connectivity index (χ0) is 20.4. The Balaban J connectivity index is 1.38. The molecule has 0 unspecified atom stereocenters. The SMILES string of the molecule is Cc1nn(C)c(C)c1C(=O)Nc1cnc(N2CCN(c3ccccn3)CC2)nc1. The largest absolute Gasteiger partial charge is 0.353 e. The molecule has 3 aromatic rings. The maximum atomic E-state index is 12.6. The number of pyridine rings is 1. The lowest BCUT2D eigenvalue weighted by Crippen LogP contribution is -2.47. The van der Waals surface area contributed by atoms with Crippen molar-refractivity contribution in [3.63, 3.8) is 0 Å². The first-order chi connectivity index (χ1) is 14.0. The molecule has 4 heterocycles. The number of aromatic nitrogens is 5. The summed E-state index contributed by atoms with van der Waals surface area (Å²) in [6.45, 7) is 7.05. The van der Waals surface area contributed by atoms with Crippen LogP contribution in [0.1, 0.15) is 21.7 Å². The molecular formula is C20H24N8O. The highest BCUT2D eigenvalue weighted by Gasteiger charge is 2.21. The number of hydrogen-bond acceptors (Lipinski definition) is 7. The molecule has 9 nitrogen and oxygen atoms in total. The van der Waals surface area contributed by atoms with Crippen LogP contribution in [-0.2, 0) is 7.05 Å². The molecule has 3 aromatic heterocycles. The van der Waals surface area contributed by atoms with E-state index in [2.05, 4.69) is 35.2 Å². The highest BCUT2D eigenvalue weighted by atomic mass is 16.1. The Morgan fingerprint density at radius 1 is 1.00 bits per heavy atom. The Kier molecular flexibility index (Phi) is 5.11. The Labute approximate surface area is 169 Å². The van der Waals surface area contributed by atoms with Crippen molar-refractivity contribution in [3.8, 4) is 0 Å². The fraction of sp³-hybridized carbons (Fsp3) is 0.350. The van der Waals surface area contributed by atoms with Crippen LogP contribution in [0.2, 0.25) is 0 Å². The molecular weight excluding hydrogens is 368 g/mol. The molecule has 0 atom stereocenters. The topological polar surface area (TPSA) is 92.1 Å². The Bertz CT molecular complexity index is 991. The second-order valence-electron chi connectivity index (χ2n) is 7.06. The number of nitrogens with zero attached hydrogens (tertiary/aromatic N) is 7. The molecule has 1 aliphatic rings. The van der Waals surface area contributed by atoms with E-state index in [1.165, 1.54) is 0 Å². The highest BCUT2D eigenvalue weighted by molar-refractivity contribution is 6.05. The molecule has 0 bridgehead atoms. The summed E-state index contributed by atoms with van der Waals surface area (Å²) in [6.07, 6.45) is 5.10. The van der Waals surface area contributed by atoms with Gasteiger partial charge >= 0.3 is 0 Å². The number of amides is 1. The Hall–Kier alpha value is -3.49. The first kappa shape index (κ1) is 18.9. The van der Waals surface area contributed by atoms with Gasteiger partial charge in [0, 0.05) is 45.1 Å². The molecule has 1 fully saturated rings. The lowest BCUT2D eigenvalue weighted by molar-refractivity contribution is 0.102. The van der Waals surface area contributed by atoms with Crippen molar-refractivity contribution in [1.82, 2.24) is 24.7 Å². The quantitative estimate of drug-likeness (QED) is 0.724.